The fraction of sp³-hybridized carbons (Fsp3) is 0.364. The summed E-state index contributed by atoms with van der Waals surface area (Å²) >= 11 is 5.89. The molecule has 1 atom stereocenters. The molecular weight excluding hydrogens is 388 g/mol. The Morgan fingerprint density at radius 2 is 1.90 bits per heavy atom. The lowest BCUT2D eigenvalue weighted by Gasteiger charge is -2.16. The molecule has 1 amide bonds. The molecule has 154 valence electrons. The smallest absolute Gasteiger partial charge is 0.227 e. The van der Waals surface area contributed by atoms with E-state index in [-0.39, 0.29) is 5.91 Å². The second-order valence-electron chi connectivity index (χ2n) is 6.96. The first-order valence-electron chi connectivity index (χ1n) is 9.92. The molecule has 3 rings (SSSR count). The van der Waals surface area contributed by atoms with Gasteiger partial charge in [0.1, 0.15) is 0 Å². The molecule has 1 aliphatic heterocycles. The van der Waals surface area contributed by atoms with Crippen molar-refractivity contribution in [3.63, 3.8) is 0 Å². The zero-order valence-corrected chi connectivity index (χ0v) is 17.3. The molecule has 29 heavy (non-hydrogen) atoms. The average molecular weight is 415 g/mol. The highest BCUT2D eigenvalue weighted by Gasteiger charge is 2.21. The third-order valence-electron chi connectivity index (χ3n) is 4.80. The van der Waals surface area contributed by atoms with Gasteiger partial charge in [-0.05, 0) is 48.7 Å². The molecule has 1 heterocycles. The number of aliphatic hydroxyl groups is 1. The van der Waals surface area contributed by atoms with Crippen LogP contribution in [0, 0.1) is 0 Å². The monoisotopic (exact) mass is 414 g/mol. The van der Waals surface area contributed by atoms with Gasteiger partial charge < -0.3 is 20.6 Å². The number of hydrogen-bond acceptors (Lipinski definition) is 3. The van der Waals surface area contributed by atoms with E-state index >= 15 is 0 Å². The first-order valence-corrected chi connectivity index (χ1v) is 10.3. The molecule has 0 bridgehead atoms. The standard InChI is InChI=1S/C22H27ClN4O2/c1-2-24-22(26-15-20(28)17-7-9-18(23)10-8-17)25-14-16-5-11-19(12-6-16)27-13-3-4-21(27)29/h5-12,20,28H,2-4,13-15H2,1H3,(H2,24,25,26). The van der Waals surface area contributed by atoms with Crippen LogP contribution >= 0.6 is 11.6 Å². The van der Waals surface area contributed by atoms with Gasteiger partial charge in [-0.25, -0.2) is 4.99 Å². The number of aliphatic imine (C=N–C) groups is 1. The van der Waals surface area contributed by atoms with Crippen molar-refractivity contribution in [3.05, 3.63) is 64.7 Å². The minimum Gasteiger partial charge on any atom is -0.387 e. The van der Waals surface area contributed by atoms with Crippen molar-refractivity contribution < 1.29 is 9.90 Å². The van der Waals surface area contributed by atoms with Gasteiger partial charge in [0.05, 0.1) is 12.6 Å². The second kappa shape index (κ2) is 10.3. The van der Waals surface area contributed by atoms with Crippen molar-refractivity contribution in [2.75, 3.05) is 24.5 Å². The van der Waals surface area contributed by atoms with Crippen LogP contribution in [0.4, 0.5) is 5.69 Å². The number of halogens is 1. The van der Waals surface area contributed by atoms with Crippen molar-refractivity contribution in [2.24, 2.45) is 4.99 Å². The zero-order chi connectivity index (χ0) is 20.6. The molecule has 0 radical (unpaired) electrons. The van der Waals surface area contributed by atoms with Gasteiger partial charge in [0.2, 0.25) is 5.91 Å². The maximum atomic E-state index is 11.9. The zero-order valence-electron chi connectivity index (χ0n) is 16.6. The van der Waals surface area contributed by atoms with Crippen molar-refractivity contribution >= 4 is 29.2 Å². The topological polar surface area (TPSA) is 77.0 Å². The van der Waals surface area contributed by atoms with Crippen LogP contribution in [0.2, 0.25) is 5.02 Å². The third kappa shape index (κ3) is 5.95. The number of nitrogens with zero attached hydrogens (tertiary/aromatic N) is 2. The lowest BCUT2D eigenvalue weighted by Crippen LogP contribution is -2.39. The summed E-state index contributed by atoms with van der Waals surface area (Å²) in [5.41, 5.74) is 2.79. The number of anilines is 1. The molecule has 0 spiro atoms. The van der Waals surface area contributed by atoms with E-state index in [0.29, 0.717) is 30.5 Å². The van der Waals surface area contributed by atoms with Crippen LogP contribution in [-0.4, -0.2) is 36.6 Å². The Bertz CT molecular complexity index is 837. The molecule has 1 fully saturated rings. The quantitative estimate of drug-likeness (QED) is 0.480. The normalized spacial score (nSPS) is 15.5. The predicted molar refractivity (Wildman–Crippen MR) is 117 cm³/mol. The lowest BCUT2D eigenvalue weighted by molar-refractivity contribution is -0.117. The molecule has 1 saturated heterocycles. The van der Waals surface area contributed by atoms with Crippen molar-refractivity contribution in [1.29, 1.82) is 0 Å². The van der Waals surface area contributed by atoms with Gasteiger partial charge in [0.25, 0.3) is 0 Å². The van der Waals surface area contributed by atoms with Gasteiger partial charge in [0, 0.05) is 36.8 Å². The molecule has 0 aliphatic carbocycles. The number of nitrogens with one attached hydrogen (secondary N) is 2. The van der Waals surface area contributed by atoms with Crippen molar-refractivity contribution in [3.8, 4) is 0 Å². The summed E-state index contributed by atoms with van der Waals surface area (Å²) < 4.78 is 0. The van der Waals surface area contributed by atoms with Gasteiger partial charge in [0.15, 0.2) is 5.96 Å². The van der Waals surface area contributed by atoms with E-state index < -0.39 is 6.10 Å². The molecular formula is C22H27ClN4O2. The summed E-state index contributed by atoms with van der Waals surface area (Å²) in [5, 5.41) is 17.3. The van der Waals surface area contributed by atoms with Gasteiger partial charge in [-0.1, -0.05) is 35.9 Å². The molecule has 0 aromatic heterocycles. The van der Waals surface area contributed by atoms with E-state index in [0.717, 1.165) is 36.3 Å². The highest BCUT2D eigenvalue weighted by Crippen LogP contribution is 2.21. The maximum absolute atomic E-state index is 11.9. The number of hydrogen-bond donors (Lipinski definition) is 3. The molecule has 3 N–H and O–H groups in total. The Labute approximate surface area is 176 Å². The van der Waals surface area contributed by atoms with Gasteiger partial charge in [-0.2, -0.15) is 0 Å². The second-order valence-corrected chi connectivity index (χ2v) is 7.40. The molecule has 2 aromatic rings. The van der Waals surface area contributed by atoms with Crippen LogP contribution in [0.5, 0.6) is 0 Å². The Hall–Kier alpha value is -2.57. The third-order valence-corrected chi connectivity index (χ3v) is 5.06. The molecule has 1 unspecified atom stereocenters. The predicted octanol–water partition coefficient (Wildman–Crippen LogP) is 3.26. The number of aliphatic hydroxyl groups excluding tert-OH is 1. The fourth-order valence-corrected chi connectivity index (χ4v) is 3.34. The Morgan fingerprint density at radius 1 is 1.17 bits per heavy atom. The van der Waals surface area contributed by atoms with E-state index in [2.05, 4.69) is 15.6 Å². The number of carbonyl (C=O) groups excluding carboxylic acids is 1. The largest absolute Gasteiger partial charge is 0.387 e. The molecule has 1 aliphatic rings. The Balaban J connectivity index is 1.57. The van der Waals surface area contributed by atoms with E-state index in [1.807, 2.05) is 48.2 Å². The van der Waals surface area contributed by atoms with Crippen LogP contribution in [0.25, 0.3) is 0 Å². The number of benzene rings is 2. The maximum Gasteiger partial charge on any atom is 0.227 e. The summed E-state index contributed by atoms with van der Waals surface area (Å²) in [5.74, 6) is 0.827. The molecule has 6 nitrogen and oxygen atoms in total. The van der Waals surface area contributed by atoms with Gasteiger partial charge in [-0.3, -0.25) is 4.79 Å². The number of rotatable bonds is 7. The first-order chi connectivity index (χ1) is 14.1. The molecule has 0 saturated carbocycles. The first kappa shape index (κ1) is 21.1. The van der Waals surface area contributed by atoms with Crippen LogP contribution in [0.15, 0.2) is 53.5 Å². The number of guanidine groups is 1. The highest BCUT2D eigenvalue weighted by atomic mass is 35.5. The lowest BCUT2D eigenvalue weighted by atomic mass is 10.1. The fourth-order valence-electron chi connectivity index (χ4n) is 3.21. The van der Waals surface area contributed by atoms with Crippen molar-refractivity contribution in [2.45, 2.75) is 32.4 Å². The van der Waals surface area contributed by atoms with Gasteiger partial charge >= 0.3 is 0 Å². The van der Waals surface area contributed by atoms with Crippen LogP contribution in [0.3, 0.4) is 0 Å². The number of amides is 1. The van der Waals surface area contributed by atoms with E-state index in [4.69, 9.17) is 11.6 Å². The SMILES string of the molecule is CCNC(=NCc1ccc(N2CCCC2=O)cc1)NCC(O)c1ccc(Cl)cc1. The Kier molecular flexibility index (Phi) is 7.49. The molecule has 7 heteroatoms. The average Bonchev–Trinajstić information content (AvgIpc) is 3.16. The van der Waals surface area contributed by atoms with Gasteiger partial charge in [-0.15, -0.1) is 0 Å². The summed E-state index contributed by atoms with van der Waals surface area (Å²) in [4.78, 5) is 18.3. The highest BCUT2D eigenvalue weighted by molar-refractivity contribution is 6.30. The van der Waals surface area contributed by atoms with E-state index in [1.165, 1.54) is 0 Å². The summed E-state index contributed by atoms with van der Waals surface area (Å²) in [6, 6.07) is 15.1. The van der Waals surface area contributed by atoms with Crippen molar-refractivity contribution in [1.82, 2.24) is 10.6 Å². The van der Waals surface area contributed by atoms with Crippen LogP contribution in [-0.2, 0) is 11.3 Å². The van der Waals surface area contributed by atoms with Crippen LogP contribution < -0.4 is 15.5 Å². The van der Waals surface area contributed by atoms with E-state index in [9.17, 15) is 9.90 Å². The molecule has 2 aromatic carbocycles. The van der Waals surface area contributed by atoms with E-state index in [1.54, 1.807) is 12.1 Å². The minimum absolute atomic E-state index is 0.189. The number of carbonyl (C=O) groups is 1. The summed E-state index contributed by atoms with van der Waals surface area (Å²) in [6.45, 7) is 4.35. The Morgan fingerprint density at radius 3 is 2.52 bits per heavy atom. The van der Waals surface area contributed by atoms with Crippen LogP contribution in [0.1, 0.15) is 37.0 Å². The summed E-state index contributed by atoms with van der Waals surface area (Å²) in [6.07, 6.45) is 0.893. The summed E-state index contributed by atoms with van der Waals surface area (Å²) in [7, 11) is 0. The minimum atomic E-state index is -0.659.